The van der Waals surface area contributed by atoms with Gasteiger partial charge in [0.25, 0.3) is 0 Å². The maximum Gasteiger partial charge on any atom is 0.243 e. The summed E-state index contributed by atoms with van der Waals surface area (Å²) < 4.78 is 25.9. The van der Waals surface area contributed by atoms with Gasteiger partial charge >= 0.3 is 0 Å². The molecule has 0 saturated heterocycles. The molecule has 1 aromatic carbocycles. The Morgan fingerprint density at radius 3 is 2.44 bits per heavy atom. The molecule has 0 radical (unpaired) electrons. The number of hydrogen-bond donors (Lipinski definition) is 1. The molecular formula is C11H18N2O2S. The van der Waals surface area contributed by atoms with Crippen molar-refractivity contribution < 1.29 is 8.42 Å². The molecule has 0 aliphatic carbocycles. The molecule has 2 N–H and O–H groups in total. The average molecular weight is 242 g/mol. The fourth-order valence-corrected chi connectivity index (χ4v) is 3.32. The number of nitrogen functional groups attached to an aromatic ring is 1. The first-order chi connectivity index (χ1) is 7.39. The van der Waals surface area contributed by atoms with Crippen LogP contribution in [0.15, 0.2) is 29.2 Å². The highest BCUT2D eigenvalue weighted by Gasteiger charge is 2.25. The standard InChI is InChI=1S/C11H18N2O2S/c1-4-13(9(2)3)16(14,15)11-7-5-6-10(12)8-11/h5-9H,4,12H2,1-3H3. The molecular weight excluding hydrogens is 224 g/mol. The largest absolute Gasteiger partial charge is 0.399 e. The number of rotatable bonds is 4. The summed E-state index contributed by atoms with van der Waals surface area (Å²) in [6.45, 7) is 5.99. The SMILES string of the molecule is CCN(C(C)C)S(=O)(=O)c1cccc(N)c1. The van der Waals surface area contributed by atoms with Crippen molar-refractivity contribution in [3.63, 3.8) is 0 Å². The zero-order valence-corrected chi connectivity index (χ0v) is 10.7. The molecule has 5 heteroatoms. The molecule has 0 fully saturated rings. The van der Waals surface area contributed by atoms with Gasteiger partial charge < -0.3 is 5.73 Å². The summed E-state index contributed by atoms with van der Waals surface area (Å²) in [6.07, 6.45) is 0. The molecule has 0 aliphatic rings. The van der Waals surface area contributed by atoms with Gasteiger partial charge in [0.2, 0.25) is 10.0 Å². The summed E-state index contributed by atoms with van der Waals surface area (Å²) in [7, 11) is -3.42. The van der Waals surface area contributed by atoms with Gasteiger partial charge in [-0.2, -0.15) is 4.31 Å². The maximum atomic E-state index is 12.2. The van der Waals surface area contributed by atoms with E-state index in [1.54, 1.807) is 18.2 Å². The van der Waals surface area contributed by atoms with Crippen molar-refractivity contribution >= 4 is 15.7 Å². The molecule has 0 aliphatic heterocycles. The lowest BCUT2D eigenvalue weighted by Gasteiger charge is -2.24. The van der Waals surface area contributed by atoms with Gasteiger partial charge in [0.1, 0.15) is 0 Å². The Balaban J connectivity index is 3.20. The minimum atomic E-state index is -3.42. The van der Waals surface area contributed by atoms with Gasteiger partial charge in [-0.05, 0) is 32.0 Å². The van der Waals surface area contributed by atoms with Crippen LogP contribution in [-0.4, -0.2) is 25.3 Å². The average Bonchev–Trinajstić information content (AvgIpc) is 2.17. The van der Waals surface area contributed by atoms with E-state index in [-0.39, 0.29) is 10.9 Å². The lowest BCUT2D eigenvalue weighted by atomic mass is 10.3. The number of benzene rings is 1. The number of sulfonamides is 1. The van der Waals surface area contributed by atoms with Crippen LogP contribution in [0.3, 0.4) is 0 Å². The minimum absolute atomic E-state index is 0.0589. The molecule has 90 valence electrons. The third kappa shape index (κ3) is 2.54. The van der Waals surface area contributed by atoms with Crippen LogP contribution in [-0.2, 0) is 10.0 Å². The van der Waals surface area contributed by atoms with E-state index in [0.29, 0.717) is 12.2 Å². The highest BCUT2D eigenvalue weighted by Crippen LogP contribution is 2.19. The molecule has 1 aromatic rings. The van der Waals surface area contributed by atoms with Gasteiger partial charge in [0, 0.05) is 18.3 Å². The number of hydrogen-bond acceptors (Lipinski definition) is 3. The Morgan fingerprint density at radius 2 is 2.00 bits per heavy atom. The second kappa shape index (κ2) is 4.84. The zero-order valence-electron chi connectivity index (χ0n) is 9.84. The van der Waals surface area contributed by atoms with Crippen LogP contribution >= 0.6 is 0 Å². The third-order valence-corrected chi connectivity index (χ3v) is 4.50. The van der Waals surface area contributed by atoms with Crippen molar-refractivity contribution in [2.45, 2.75) is 31.7 Å². The van der Waals surface area contributed by atoms with Crippen molar-refractivity contribution in [1.82, 2.24) is 4.31 Å². The molecule has 0 unspecified atom stereocenters. The van der Waals surface area contributed by atoms with Crippen LogP contribution in [0.2, 0.25) is 0 Å². The Morgan fingerprint density at radius 1 is 1.38 bits per heavy atom. The Bertz CT molecular complexity index is 455. The van der Waals surface area contributed by atoms with Gasteiger partial charge in [-0.3, -0.25) is 0 Å². The monoisotopic (exact) mass is 242 g/mol. The molecule has 0 amide bonds. The normalized spacial score (nSPS) is 12.3. The Hall–Kier alpha value is -1.07. The highest BCUT2D eigenvalue weighted by molar-refractivity contribution is 7.89. The summed E-state index contributed by atoms with van der Waals surface area (Å²) in [5.41, 5.74) is 6.05. The Labute approximate surface area is 97.1 Å². The topological polar surface area (TPSA) is 63.4 Å². The van der Waals surface area contributed by atoms with E-state index in [9.17, 15) is 8.42 Å². The molecule has 0 bridgehead atoms. The third-order valence-electron chi connectivity index (χ3n) is 2.35. The summed E-state index contributed by atoms with van der Waals surface area (Å²) >= 11 is 0. The van der Waals surface area contributed by atoms with Crippen molar-refractivity contribution in [3.8, 4) is 0 Å². The predicted molar refractivity (Wildman–Crippen MR) is 65.6 cm³/mol. The second-order valence-electron chi connectivity index (χ2n) is 3.87. The molecule has 4 nitrogen and oxygen atoms in total. The van der Waals surface area contributed by atoms with Crippen LogP contribution in [0.25, 0.3) is 0 Å². The number of nitrogens with two attached hydrogens (primary N) is 1. The van der Waals surface area contributed by atoms with E-state index in [2.05, 4.69) is 0 Å². The van der Waals surface area contributed by atoms with Crippen molar-refractivity contribution in [2.24, 2.45) is 0 Å². The summed E-state index contributed by atoms with van der Waals surface area (Å²) in [5, 5.41) is 0. The summed E-state index contributed by atoms with van der Waals surface area (Å²) in [4.78, 5) is 0.253. The Kier molecular flexibility index (Phi) is 3.93. The van der Waals surface area contributed by atoms with E-state index >= 15 is 0 Å². The van der Waals surface area contributed by atoms with E-state index in [1.807, 2.05) is 20.8 Å². The number of nitrogens with zero attached hydrogens (tertiary/aromatic N) is 1. The first kappa shape index (κ1) is 13.0. The van der Waals surface area contributed by atoms with Gasteiger partial charge in [-0.15, -0.1) is 0 Å². The minimum Gasteiger partial charge on any atom is -0.399 e. The highest BCUT2D eigenvalue weighted by atomic mass is 32.2. The van der Waals surface area contributed by atoms with Crippen molar-refractivity contribution in [3.05, 3.63) is 24.3 Å². The molecule has 1 rings (SSSR count). The van der Waals surface area contributed by atoms with Crippen LogP contribution in [0.5, 0.6) is 0 Å². The van der Waals surface area contributed by atoms with Crippen molar-refractivity contribution in [2.75, 3.05) is 12.3 Å². The lowest BCUT2D eigenvalue weighted by Crippen LogP contribution is -2.36. The summed E-state index contributed by atoms with van der Waals surface area (Å²) in [5.74, 6) is 0. The van der Waals surface area contributed by atoms with Gasteiger partial charge in [0.15, 0.2) is 0 Å². The molecule has 0 spiro atoms. The van der Waals surface area contributed by atoms with Gasteiger partial charge in [-0.25, -0.2) is 8.42 Å². The van der Waals surface area contributed by atoms with Crippen LogP contribution in [0, 0.1) is 0 Å². The van der Waals surface area contributed by atoms with Crippen LogP contribution in [0.1, 0.15) is 20.8 Å². The van der Waals surface area contributed by atoms with E-state index in [4.69, 9.17) is 5.73 Å². The maximum absolute atomic E-state index is 12.2. The van der Waals surface area contributed by atoms with E-state index in [1.165, 1.54) is 10.4 Å². The molecule has 0 atom stereocenters. The van der Waals surface area contributed by atoms with Crippen LogP contribution in [0.4, 0.5) is 5.69 Å². The first-order valence-electron chi connectivity index (χ1n) is 5.27. The predicted octanol–water partition coefficient (Wildman–Crippen LogP) is 1.69. The smallest absolute Gasteiger partial charge is 0.243 e. The lowest BCUT2D eigenvalue weighted by molar-refractivity contribution is 0.369. The van der Waals surface area contributed by atoms with E-state index in [0.717, 1.165) is 0 Å². The first-order valence-corrected chi connectivity index (χ1v) is 6.71. The van der Waals surface area contributed by atoms with Gasteiger partial charge in [-0.1, -0.05) is 13.0 Å². The van der Waals surface area contributed by atoms with Crippen molar-refractivity contribution in [1.29, 1.82) is 0 Å². The summed E-state index contributed by atoms with van der Waals surface area (Å²) in [6, 6.07) is 6.31. The second-order valence-corrected chi connectivity index (χ2v) is 5.77. The quantitative estimate of drug-likeness (QED) is 0.817. The van der Waals surface area contributed by atoms with E-state index < -0.39 is 10.0 Å². The molecule has 0 heterocycles. The zero-order chi connectivity index (χ0) is 12.3. The molecule has 0 aromatic heterocycles. The molecule has 16 heavy (non-hydrogen) atoms. The van der Waals surface area contributed by atoms with Crippen LogP contribution < -0.4 is 5.73 Å². The number of anilines is 1. The molecule has 0 saturated carbocycles. The van der Waals surface area contributed by atoms with Gasteiger partial charge in [0.05, 0.1) is 4.90 Å². The fraction of sp³-hybridized carbons (Fsp3) is 0.455. The fourth-order valence-electron chi connectivity index (χ4n) is 1.62.